The molecule has 0 aliphatic heterocycles. The van der Waals surface area contributed by atoms with E-state index in [1.165, 1.54) is 18.2 Å². The van der Waals surface area contributed by atoms with Crippen molar-refractivity contribution in [1.29, 1.82) is 5.26 Å². The quantitative estimate of drug-likeness (QED) is 0.845. The summed E-state index contributed by atoms with van der Waals surface area (Å²) >= 11 is 0. The Morgan fingerprint density at radius 1 is 1.09 bits per heavy atom. The molecular formula is C16H13F3N2O. The largest absolute Gasteiger partial charge is 0.573 e. The number of ether oxygens (including phenoxy) is 1. The van der Waals surface area contributed by atoms with Gasteiger partial charge in [0.15, 0.2) is 0 Å². The number of rotatable bonds is 5. The molecule has 0 fully saturated rings. The zero-order valence-electron chi connectivity index (χ0n) is 11.5. The summed E-state index contributed by atoms with van der Waals surface area (Å²) in [5, 5.41) is 11.5. The van der Waals surface area contributed by atoms with Crippen LogP contribution in [0.1, 0.15) is 11.1 Å². The van der Waals surface area contributed by atoms with Gasteiger partial charge >= 0.3 is 6.36 Å². The molecule has 0 aromatic heterocycles. The Morgan fingerprint density at radius 3 is 2.45 bits per heavy atom. The fourth-order valence-electron chi connectivity index (χ4n) is 2.04. The number of hydrogen-bond acceptors (Lipinski definition) is 3. The summed E-state index contributed by atoms with van der Waals surface area (Å²) < 4.78 is 40.9. The Labute approximate surface area is 126 Å². The summed E-state index contributed by atoms with van der Waals surface area (Å²) in [5.41, 5.74) is 2.19. The van der Waals surface area contributed by atoms with Crippen molar-refractivity contribution in [3.63, 3.8) is 0 Å². The van der Waals surface area contributed by atoms with Crippen molar-refractivity contribution in [2.45, 2.75) is 12.8 Å². The summed E-state index contributed by atoms with van der Waals surface area (Å²) in [5.74, 6) is -0.277. The highest BCUT2D eigenvalue weighted by Gasteiger charge is 2.31. The van der Waals surface area contributed by atoms with Gasteiger partial charge in [0.05, 0.1) is 6.07 Å². The Bertz CT molecular complexity index is 663. The van der Waals surface area contributed by atoms with Crippen LogP contribution < -0.4 is 10.1 Å². The van der Waals surface area contributed by atoms with Gasteiger partial charge in [-0.1, -0.05) is 30.3 Å². The second kappa shape index (κ2) is 6.85. The first kappa shape index (κ1) is 15.7. The van der Waals surface area contributed by atoms with Crippen LogP contribution in [0.4, 0.5) is 18.9 Å². The van der Waals surface area contributed by atoms with Crippen molar-refractivity contribution in [3.8, 4) is 11.8 Å². The smallest absolute Gasteiger partial charge is 0.406 e. The predicted molar refractivity (Wildman–Crippen MR) is 76.5 cm³/mol. The van der Waals surface area contributed by atoms with Crippen molar-refractivity contribution in [3.05, 3.63) is 59.7 Å². The normalized spacial score (nSPS) is 10.8. The van der Waals surface area contributed by atoms with Crippen LogP contribution in [-0.2, 0) is 6.42 Å². The lowest BCUT2D eigenvalue weighted by molar-refractivity contribution is -0.274. The average Bonchev–Trinajstić information content (AvgIpc) is 2.46. The third-order valence-electron chi connectivity index (χ3n) is 2.91. The van der Waals surface area contributed by atoms with Gasteiger partial charge in [0.2, 0.25) is 0 Å². The van der Waals surface area contributed by atoms with E-state index in [1.54, 1.807) is 0 Å². The SMILES string of the molecule is N#CCNc1ccc(OC(F)(F)F)cc1Cc1ccccc1. The minimum Gasteiger partial charge on any atom is -0.406 e. The lowest BCUT2D eigenvalue weighted by Gasteiger charge is -2.14. The molecule has 2 rings (SSSR count). The van der Waals surface area contributed by atoms with Crippen LogP contribution in [0, 0.1) is 11.3 Å². The number of nitrogens with one attached hydrogen (secondary N) is 1. The minimum atomic E-state index is -4.73. The predicted octanol–water partition coefficient (Wildman–Crippen LogP) is 4.11. The van der Waals surface area contributed by atoms with E-state index in [4.69, 9.17) is 5.26 Å². The number of nitriles is 1. The molecule has 0 spiro atoms. The van der Waals surface area contributed by atoms with E-state index in [-0.39, 0.29) is 12.3 Å². The topological polar surface area (TPSA) is 45.0 Å². The van der Waals surface area contributed by atoms with Crippen molar-refractivity contribution in [2.75, 3.05) is 11.9 Å². The van der Waals surface area contributed by atoms with Crippen molar-refractivity contribution in [2.24, 2.45) is 0 Å². The molecule has 2 aromatic carbocycles. The summed E-state index contributed by atoms with van der Waals surface area (Å²) in [6, 6.07) is 15.3. The fourth-order valence-corrected chi connectivity index (χ4v) is 2.04. The van der Waals surface area contributed by atoms with Gasteiger partial charge in [-0.3, -0.25) is 0 Å². The molecule has 114 valence electrons. The fraction of sp³-hybridized carbons (Fsp3) is 0.188. The molecule has 0 saturated heterocycles. The molecule has 6 heteroatoms. The van der Waals surface area contributed by atoms with E-state index in [0.717, 1.165) is 5.56 Å². The van der Waals surface area contributed by atoms with Gasteiger partial charge in [-0.15, -0.1) is 13.2 Å². The molecule has 0 bridgehead atoms. The van der Waals surface area contributed by atoms with E-state index in [9.17, 15) is 13.2 Å². The number of halogens is 3. The number of anilines is 1. The van der Waals surface area contributed by atoms with Gasteiger partial charge in [0.1, 0.15) is 12.3 Å². The van der Waals surface area contributed by atoms with Crippen LogP contribution in [0.25, 0.3) is 0 Å². The van der Waals surface area contributed by atoms with E-state index >= 15 is 0 Å². The zero-order chi connectivity index (χ0) is 16.0. The molecule has 2 aromatic rings. The Hall–Kier alpha value is -2.68. The van der Waals surface area contributed by atoms with Gasteiger partial charge < -0.3 is 10.1 Å². The van der Waals surface area contributed by atoms with Crippen molar-refractivity contribution >= 4 is 5.69 Å². The monoisotopic (exact) mass is 306 g/mol. The van der Waals surface area contributed by atoms with Crippen LogP contribution >= 0.6 is 0 Å². The molecule has 0 aliphatic rings. The maximum absolute atomic E-state index is 12.3. The molecule has 0 radical (unpaired) electrons. The molecule has 0 unspecified atom stereocenters. The van der Waals surface area contributed by atoms with Gasteiger partial charge in [-0.25, -0.2) is 0 Å². The summed E-state index contributed by atoms with van der Waals surface area (Å²) in [7, 11) is 0. The maximum atomic E-state index is 12.3. The second-order valence-corrected chi connectivity index (χ2v) is 4.54. The van der Waals surface area contributed by atoms with Crippen LogP contribution in [0.3, 0.4) is 0 Å². The van der Waals surface area contributed by atoms with E-state index in [0.29, 0.717) is 17.7 Å². The number of alkyl halides is 3. The molecule has 22 heavy (non-hydrogen) atoms. The Balaban J connectivity index is 2.29. The summed E-state index contributed by atoms with van der Waals surface area (Å²) in [4.78, 5) is 0. The van der Waals surface area contributed by atoms with Crippen molar-refractivity contribution in [1.82, 2.24) is 0 Å². The molecular weight excluding hydrogens is 293 g/mol. The van der Waals surface area contributed by atoms with Crippen LogP contribution in [0.15, 0.2) is 48.5 Å². The molecule has 0 saturated carbocycles. The van der Waals surface area contributed by atoms with E-state index < -0.39 is 6.36 Å². The standard InChI is InChI=1S/C16H13F3N2O/c17-16(18,19)22-14-6-7-15(21-9-8-20)13(11-14)10-12-4-2-1-3-5-12/h1-7,11,21H,9-10H2. The molecule has 3 nitrogen and oxygen atoms in total. The number of benzene rings is 2. The highest BCUT2D eigenvalue weighted by molar-refractivity contribution is 5.56. The lowest BCUT2D eigenvalue weighted by atomic mass is 10.0. The number of nitrogens with zero attached hydrogens (tertiary/aromatic N) is 1. The van der Waals surface area contributed by atoms with Gasteiger partial charge in [-0.2, -0.15) is 5.26 Å². The maximum Gasteiger partial charge on any atom is 0.573 e. The van der Waals surface area contributed by atoms with Crippen LogP contribution in [0.2, 0.25) is 0 Å². The van der Waals surface area contributed by atoms with Crippen LogP contribution in [0.5, 0.6) is 5.75 Å². The highest BCUT2D eigenvalue weighted by atomic mass is 19.4. The first-order valence-corrected chi connectivity index (χ1v) is 6.51. The first-order valence-electron chi connectivity index (χ1n) is 6.51. The zero-order valence-corrected chi connectivity index (χ0v) is 11.5. The first-order chi connectivity index (χ1) is 10.5. The third kappa shape index (κ3) is 4.70. The Kier molecular flexibility index (Phi) is 4.89. The summed E-state index contributed by atoms with van der Waals surface area (Å²) in [6.07, 6.45) is -4.30. The molecule has 0 aliphatic carbocycles. The Morgan fingerprint density at radius 2 is 1.82 bits per heavy atom. The summed E-state index contributed by atoms with van der Waals surface area (Å²) in [6.45, 7) is 0.0707. The van der Waals surface area contributed by atoms with Crippen LogP contribution in [-0.4, -0.2) is 12.9 Å². The molecule has 0 atom stereocenters. The van der Waals surface area contributed by atoms with Gasteiger partial charge in [0.25, 0.3) is 0 Å². The minimum absolute atomic E-state index is 0.0707. The van der Waals surface area contributed by atoms with E-state index in [1.807, 2.05) is 36.4 Å². The molecule has 0 heterocycles. The second-order valence-electron chi connectivity index (χ2n) is 4.54. The highest BCUT2D eigenvalue weighted by Crippen LogP contribution is 2.28. The van der Waals surface area contributed by atoms with Crippen molar-refractivity contribution < 1.29 is 17.9 Å². The van der Waals surface area contributed by atoms with Gasteiger partial charge in [0, 0.05) is 5.69 Å². The average molecular weight is 306 g/mol. The van der Waals surface area contributed by atoms with E-state index in [2.05, 4.69) is 10.1 Å². The lowest BCUT2D eigenvalue weighted by Crippen LogP contribution is -2.17. The molecule has 0 amide bonds. The van der Waals surface area contributed by atoms with Gasteiger partial charge in [-0.05, 0) is 35.7 Å². The third-order valence-corrected chi connectivity index (χ3v) is 2.91. The molecule has 1 N–H and O–H groups in total. The number of hydrogen-bond donors (Lipinski definition) is 1.